The first-order valence-electron chi connectivity index (χ1n) is 9.83. The molecule has 2 N–H and O–H groups in total. The van der Waals surface area contributed by atoms with E-state index in [-0.39, 0.29) is 29.2 Å². The van der Waals surface area contributed by atoms with Gasteiger partial charge in [0.15, 0.2) is 18.1 Å². The van der Waals surface area contributed by atoms with E-state index in [1.165, 1.54) is 13.3 Å². The van der Waals surface area contributed by atoms with E-state index in [1.807, 2.05) is 6.07 Å². The Balaban J connectivity index is 1.61. The van der Waals surface area contributed by atoms with Crippen molar-refractivity contribution >= 4 is 35.3 Å². The zero-order valence-electron chi connectivity index (χ0n) is 18.0. The fraction of sp³-hybridized carbons (Fsp3) is 0.125. The van der Waals surface area contributed by atoms with Crippen molar-refractivity contribution in [2.24, 2.45) is 5.10 Å². The van der Waals surface area contributed by atoms with Crippen LogP contribution in [0.5, 0.6) is 17.2 Å². The predicted octanol–water partition coefficient (Wildman–Crippen LogP) is 4.14. The van der Waals surface area contributed by atoms with E-state index in [0.717, 1.165) is 0 Å². The number of ether oxygens (including phenoxy) is 3. The standard InChI is InChI=1S/C24H22ClN3O5/c1-31-19-10-8-18(9-11-19)27-22(29)15-33-23-20(25)12-16(13-21(23)32-2)14-26-28-24(30)17-6-4-3-5-7-17/h3-14H,15H2,1-2H3,(H,27,29)(H,28,30). The van der Waals surface area contributed by atoms with Gasteiger partial charge in [0.2, 0.25) is 0 Å². The fourth-order valence-electron chi connectivity index (χ4n) is 2.78. The zero-order valence-corrected chi connectivity index (χ0v) is 18.8. The second kappa shape index (κ2) is 11.5. The van der Waals surface area contributed by atoms with Gasteiger partial charge in [-0.25, -0.2) is 5.43 Å². The van der Waals surface area contributed by atoms with Crippen molar-refractivity contribution in [1.82, 2.24) is 5.43 Å². The van der Waals surface area contributed by atoms with Gasteiger partial charge in [-0.1, -0.05) is 29.8 Å². The van der Waals surface area contributed by atoms with Crippen molar-refractivity contribution in [1.29, 1.82) is 0 Å². The van der Waals surface area contributed by atoms with Crippen LogP contribution >= 0.6 is 11.6 Å². The van der Waals surface area contributed by atoms with E-state index in [0.29, 0.717) is 28.3 Å². The number of anilines is 1. The summed E-state index contributed by atoms with van der Waals surface area (Å²) in [6, 6.07) is 18.8. The molecule has 0 spiro atoms. The summed E-state index contributed by atoms with van der Waals surface area (Å²) in [6.07, 6.45) is 1.43. The molecule has 3 aromatic carbocycles. The molecule has 33 heavy (non-hydrogen) atoms. The number of nitrogens with one attached hydrogen (secondary N) is 2. The molecule has 3 rings (SSSR count). The molecular formula is C24H22ClN3O5. The van der Waals surface area contributed by atoms with Crippen LogP contribution in [0.25, 0.3) is 0 Å². The average Bonchev–Trinajstić information content (AvgIpc) is 2.84. The first kappa shape index (κ1) is 23.6. The van der Waals surface area contributed by atoms with E-state index in [2.05, 4.69) is 15.8 Å². The molecular weight excluding hydrogens is 446 g/mol. The Morgan fingerprint density at radius 1 is 1.00 bits per heavy atom. The lowest BCUT2D eigenvalue weighted by atomic mass is 10.2. The van der Waals surface area contributed by atoms with Gasteiger partial charge in [-0.3, -0.25) is 9.59 Å². The number of methoxy groups -OCH3 is 2. The van der Waals surface area contributed by atoms with Crippen LogP contribution < -0.4 is 25.0 Å². The van der Waals surface area contributed by atoms with Crippen LogP contribution in [0.1, 0.15) is 15.9 Å². The number of carbonyl (C=O) groups excluding carboxylic acids is 2. The molecule has 0 aliphatic carbocycles. The Bertz CT molecular complexity index is 1130. The van der Waals surface area contributed by atoms with Gasteiger partial charge < -0.3 is 19.5 Å². The molecule has 0 unspecified atom stereocenters. The maximum atomic E-state index is 12.2. The molecule has 170 valence electrons. The number of hydrogen-bond acceptors (Lipinski definition) is 6. The summed E-state index contributed by atoms with van der Waals surface area (Å²) in [7, 11) is 3.02. The number of halogens is 1. The number of rotatable bonds is 9. The van der Waals surface area contributed by atoms with Crippen LogP contribution in [0.2, 0.25) is 5.02 Å². The Labute approximate surface area is 196 Å². The molecule has 0 aliphatic rings. The van der Waals surface area contributed by atoms with Crippen molar-refractivity contribution in [3.05, 3.63) is 82.9 Å². The Morgan fingerprint density at radius 3 is 2.39 bits per heavy atom. The molecule has 0 atom stereocenters. The van der Waals surface area contributed by atoms with Gasteiger partial charge in [0.1, 0.15) is 5.75 Å². The average molecular weight is 468 g/mol. The first-order chi connectivity index (χ1) is 16.0. The number of hydrazone groups is 1. The molecule has 2 amide bonds. The third-order valence-corrected chi connectivity index (χ3v) is 4.67. The lowest BCUT2D eigenvalue weighted by Crippen LogP contribution is -2.20. The third kappa shape index (κ3) is 6.72. The third-order valence-electron chi connectivity index (χ3n) is 4.39. The second-order valence-corrected chi connectivity index (χ2v) is 7.07. The summed E-state index contributed by atoms with van der Waals surface area (Å²) in [4.78, 5) is 24.3. The van der Waals surface area contributed by atoms with E-state index in [4.69, 9.17) is 25.8 Å². The maximum Gasteiger partial charge on any atom is 0.271 e. The van der Waals surface area contributed by atoms with Gasteiger partial charge >= 0.3 is 0 Å². The number of nitrogens with zero attached hydrogens (tertiary/aromatic N) is 1. The summed E-state index contributed by atoms with van der Waals surface area (Å²) in [5, 5.41) is 6.89. The van der Waals surface area contributed by atoms with Gasteiger partial charge in [0.05, 0.1) is 25.5 Å². The topological polar surface area (TPSA) is 98.3 Å². The van der Waals surface area contributed by atoms with Crippen molar-refractivity contribution in [3.63, 3.8) is 0 Å². The van der Waals surface area contributed by atoms with Crippen LogP contribution in [-0.2, 0) is 4.79 Å². The summed E-state index contributed by atoms with van der Waals surface area (Å²) in [5.41, 5.74) is 4.10. The molecule has 0 fully saturated rings. The largest absolute Gasteiger partial charge is 0.497 e. The molecule has 0 saturated heterocycles. The quantitative estimate of drug-likeness (QED) is 0.364. The predicted molar refractivity (Wildman–Crippen MR) is 127 cm³/mol. The second-order valence-electron chi connectivity index (χ2n) is 6.66. The minimum absolute atomic E-state index is 0.217. The maximum absolute atomic E-state index is 12.2. The molecule has 8 nitrogen and oxygen atoms in total. The highest BCUT2D eigenvalue weighted by molar-refractivity contribution is 6.32. The number of amides is 2. The lowest BCUT2D eigenvalue weighted by molar-refractivity contribution is -0.118. The molecule has 0 aliphatic heterocycles. The van der Waals surface area contributed by atoms with Crippen LogP contribution in [-0.4, -0.2) is 38.9 Å². The van der Waals surface area contributed by atoms with Crippen molar-refractivity contribution < 1.29 is 23.8 Å². The monoisotopic (exact) mass is 467 g/mol. The molecule has 0 radical (unpaired) electrons. The Kier molecular flexibility index (Phi) is 8.26. The molecule has 9 heteroatoms. The van der Waals surface area contributed by atoms with Crippen LogP contribution in [0.3, 0.4) is 0 Å². The highest BCUT2D eigenvalue weighted by atomic mass is 35.5. The SMILES string of the molecule is COc1ccc(NC(=O)COc2c(Cl)cc(C=NNC(=O)c3ccccc3)cc2OC)cc1. The van der Waals surface area contributed by atoms with Gasteiger partial charge in [-0.05, 0) is 54.1 Å². The number of hydrogen-bond donors (Lipinski definition) is 2. The lowest BCUT2D eigenvalue weighted by Gasteiger charge is -2.13. The van der Waals surface area contributed by atoms with Gasteiger partial charge in [0.25, 0.3) is 11.8 Å². The van der Waals surface area contributed by atoms with Crippen LogP contribution in [0.15, 0.2) is 71.8 Å². The normalized spacial score (nSPS) is 10.5. The molecule has 0 heterocycles. The van der Waals surface area contributed by atoms with E-state index in [9.17, 15) is 9.59 Å². The van der Waals surface area contributed by atoms with Crippen molar-refractivity contribution in [2.75, 3.05) is 26.1 Å². The molecule has 3 aromatic rings. The summed E-state index contributed by atoms with van der Waals surface area (Å²) >= 11 is 6.33. The number of benzene rings is 3. The van der Waals surface area contributed by atoms with Gasteiger partial charge in [0, 0.05) is 11.3 Å². The highest BCUT2D eigenvalue weighted by Crippen LogP contribution is 2.36. The van der Waals surface area contributed by atoms with E-state index in [1.54, 1.807) is 67.8 Å². The van der Waals surface area contributed by atoms with Crippen molar-refractivity contribution in [3.8, 4) is 17.2 Å². The Hall–Kier alpha value is -4.04. The van der Waals surface area contributed by atoms with Crippen LogP contribution in [0, 0.1) is 0 Å². The molecule has 0 bridgehead atoms. The summed E-state index contributed by atoms with van der Waals surface area (Å²) in [5.74, 6) is 0.509. The minimum atomic E-state index is -0.368. The highest BCUT2D eigenvalue weighted by Gasteiger charge is 2.14. The fourth-order valence-corrected chi connectivity index (χ4v) is 3.06. The van der Waals surface area contributed by atoms with E-state index < -0.39 is 0 Å². The number of carbonyl (C=O) groups is 2. The van der Waals surface area contributed by atoms with Crippen LogP contribution in [0.4, 0.5) is 5.69 Å². The van der Waals surface area contributed by atoms with Crippen molar-refractivity contribution in [2.45, 2.75) is 0 Å². The minimum Gasteiger partial charge on any atom is -0.497 e. The van der Waals surface area contributed by atoms with Gasteiger partial charge in [-0.2, -0.15) is 5.10 Å². The smallest absolute Gasteiger partial charge is 0.271 e. The molecule has 0 saturated carbocycles. The van der Waals surface area contributed by atoms with Gasteiger partial charge in [-0.15, -0.1) is 0 Å². The first-order valence-corrected chi connectivity index (χ1v) is 10.2. The summed E-state index contributed by atoms with van der Waals surface area (Å²) in [6.45, 7) is -0.275. The zero-order chi connectivity index (χ0) is 23.6. The Morgan fingerprint density at radius 2 is 1.73 bits per heavy atom. The van der Waals surface area contributed by atoms with E-state index >= 15 is 0 Å². The summed E-state index contributed by atoms with van der Waals surface area (Å²) < 4.78 is 16.0. The molecule has 0 aromatic heterocycles.